The molecule has 0 bridgehead atoms. The molecule has 1 aromatic heterocycles. The van der Waals surface area contributed by atoms with E-state index in [1.165, 1.54) is 30.4 Å². The molecular formula is C25H25FN4O3. The second-order valence-corrected chi connectivity index (χ2v) is 8.50. The van der Waals surface area contributed by atoms with Gasteiger partial charge in [-0.3, -0.25) is 9.69 Å². The average molecular weight is 448 g/mol. The van der Waals surface area contributed by atoms with Crippen LogP contribution in [0.25, 0.3) is 11.3 Å². The van der Waals surface area contributed by atoms with Crippen LogP contribution >= 0.6 is 0 Å². The van der Waals surface area contributed by atoms with Crippen LogP contribution in [-0.2, 0) is 24.2 Å². The molecule has 1 amide bonds. The fourth-order valence-corrected chi connectivity index (χ4v) is 4.55. The number of rotatable bonds is 5. The lowest BCUT2D eigenvalue weighted by molar-refractivity contribution is -0.126. The van der Waals surface area contributed by atoms with Crippen molar-refractivity contribution in [3.63, 3.8) is 0 Å². The van der Waals surface area contributed by atoms with Gasteiger partial charge in [0, 0.05) is 30.2 Å². The van der Waals surface area contributed by atoms with Gasteiger partial charge in [0.15, 0.2) is 0 Å². The molecule has 33 heavy (non-hydrogen) atoms. The van der Waals surface area contributed by atoms with Gasteiger partial charge in [0.2, 0.25) is 11.8 Å². The molecule has 1 N–H and O–H groups in total. The van der Waals surface area contributed by atoms with Gasteiger partial charge in [-0.15, -0.1) is 10.2 Å². The summed E-state index contributed by atoms with van der Waals surface area (Å²) in [5.74, 6) is 0.568. The summed E-state index contributed by atoms with van der Waals surface area (Å²) in [6.45, 7) is 1.08. The molecule has 8 heteroatoms. The van der Waals surface area contributed by atoms with Gasteiger partial charge in [-0.1, -0.05) is 24.3 Å². The van der Waals surface area contributed by atoms with E-state index in [2.05, 4.69) is 32.5 Å². The van der Waals surface area contributed by atoms with Crippen LogP contribution in [0.5, 0.6) is 11.6 Å². The third-order valence-electron chi connectivity index (χ3n) is 6.28. The zero-order valence-electron chi connectivity index (χ0n) is 18.5. The van der Waals surface area contributed by atoms with E-state index in [0.717, 1.165) is 12.1 Å². The number of carbonyl (C=O) groups excluding carboxylic acids is 1. The lowest BCUT2D eigenvalue weighted by atomic mass is 9.94. The number of fused-ring (bicyclic) bond motifs is 2. The number of aromatic nitrogens is 2. The number of benzene rings is 2. The number of ether oxygens (including phenoxy) is 2. The summed E-state index contributed by atoms with van der Waals surface area (Å²) >= 11 is 0. The fraction of sp³-hybridized carbons (Fsp3) is 0.320. The summed E-state index contributed by atoms with van der Waals surface area (Å²) in [5.41, 5.74) is 4.26. The SMILES string of the molecule is COc1ccc(-c2cc(F)cc3c2OC(CNC(=O)C2Cc4ccccc4CN2C)C3)nn1. The van der Waals surface area contributed by atoms with Crippen LogP contribution in [-0.4, -0.2) is 53.9 Å². The summed E-state index contributed by atoms with van der Waals surface area (Å²) in [5, 5.41) is 11.1. The molecule has 0 spiro atoms. The molecule has 3 heterocycles. The van der Waals surface area contributed by atoms with E-state index in [4.69, 9.17) is 9.47 Å². The number of hydrogen-bond acceptors (Lipinski definition) is 6. The molecule has 0 radical (unpaired) electrons. The van der Waals surface area contributed by atoms with Crippen LogP contribution in [0.4, 0.5) is 4.39 Å². The molecule has 0 saturated carbocycles. The van der Waals surface area contributed by atoms with E-state index in [0.29, 0.717) is 42.3 Å². The maximum Gasteiger partial charge on any atom is 0.237 e. The number of methoxy groups -OCH3 is 1. The quantitative estimate of drug-likeness (QED) is 0.647. The third-order valence-corrected chi connectivity index (χ3v) is 6.28. The number of likely N-dealkylation sites (N-methyl/N-ethyl adjacent to an activating group) is 1. The van der Waals surface area contributed by atoms with Gasteiger partial charge in [0.1, 0.15) is 17.7 Å². The van der Waals surface area contributed by atoms with Gasteiger partial charge >= 0.3 is 0 Å². The van der Waals surface area contributed by atoms with Crippen LogP contribution in [0.2, 0.25) is 0 Å². The van der Waals surface area contributed by atoms with Gasteiger partial charge < -0.3 is 14.8 Å². The molecule has 0 saturated heterocycles. The Bertz CT molecular complexity index is 1180. The van der Waals surface area contributed by atoms with Gasteiger partial charge in [-0.2, -0.15) is 0 Å². The highest BCUT2D eigenvalue weighted by molar-refractivity contribution is 5.82. The molecule has 3 aromatic rings. The van der Waals surface area contributed by atoms with Gasteiger partial charge in [-0.05, 0) is 42.8 Å². The van der Waals surface area contributed by atoms with E-state index in [1.54, 1.807) is 12.1 Å². The molecule has 2 unspecified atom stereocenters. The minimum Gasteiger partial charge on any atom is -0.487 e. The van der Waals surface area contributed by atoms with Crippen molar-refractivity contribution in [3.8, 4) is 22.9 Å². The number of nitrogens with one attached hydrogen (secondary N) is 1. The van der Waals surface area contributed by atoms with Crippen molar-refractivity contribution in [3.05, 3.63) is 71.0 Å². The van der Waals surface area contributed by atoms with Crippen molar-refractivity contribution >= 4 is 5.91 Å². The zero-order valence-corrected chi connectivity index (χ0v) is 18.5. The molecule has 0 fully saturated rings. The third kappa shape index (κ3) is 4.26. The van der Waals surface area contributed by atoms with Crippen LogP contribution in [0, 0.1) is 5.82 Å². The van der Waals surface area contributed by atoms with Crippen molar-refractivity contribution in [1.29, 1.82) is 0 Å². The summed E-state index contributed by atoms with van der Waals surface area (Å²) in [6, 6.07) is 14.2. The Morgan fingerprint density at radius 2 is 1.97 bits per heavy atom. The van der Waals surface area contributed by atoms with Gasteiger partial charge in [-0.25, -0.2) is 4.39 Å². The minimum absolute atomic E-state index is 0.0287. The highest BCUT2D eigenvalue weighted by Gasteiger charge is 2.31. The van der Waals surface area contributed by atoms with Crippen molar-refractivity contribution < 1.29 is 18.7 Å². The van der Waals surface area contributed by atoms with Crippen LogP contribution in [0.1, 0.15) is 16.7 Å². The van der Waals surface area contributed by atoms with E-state index >= 15 is 0 Å². The second kappa shape index (κ2) is 8.78. The molecule has 2 atom stereocenters. The minimum atomic E-state index is -0.364. The Morgan fingerprint density at radius 3 is 2.73 bits per heavy atom. The first-order chi connectivity index (χ1) is 16.0. The highest BCUT2D eigenvalue weighted by atomic mass is 19.1. The highest BCUT2D eigenvalue weighted by Crippen LogP contribution is 2.39. The normalized spacial score (nSPS) is 19.4. The Labute approximate surface area is 191 Å². The number of amides is 1. The molecule has 0 aliphatic carbocycles. The van der Waals surface area contributed by atoms with Crippen molar-refractivity contribution in [2.75, 3.05) is 20.7 Å². The zero-order chi connectivity index (χ0) is 22.9. The average Bonchev–Trinajstić information content (AvgIpc) is 3.24. The van der Waals surface area contributed by atoms with Gasteiger partial charge in [0.25, 0.3) is 0 Å². The predicted molar refractivity (Wildman–Crippen MR) is 121 cm³/mol. The standard InChI is InChI=1S/C25H25FN4O3/c1-30-14-16-6-4-3-5-15(16)11-22(30)25(31)27-13-19-10-17-9-18(26)12-20(24(17)33-19)21-7-8-23(32-2)29-28-21/h3-9,12,19,22H,10-11,13-14H2,1-2H3,(H,27,31). The van der Waals surface area contributed by atoms with E-state index < -0.39 is 0 Å². The van der Waals surface area contributed by atoms with Crippen LogP contribution < -0.4 is 14.8 Å². The maximum atomic E-state index is 14.3. The van der Waals surface area contributed by atoms with E-state index in [-0.39, 0.29) is 23.9 Å². The number of hydrogen-bond donors (Lipinski definition) is 1. The molecule has 2 aliphatic heterocycles. The Kier molecular flexibility index (Phi) is 5.68. The monoisotopic (exact) mass is 448 g/mol. The molecule has 7 nitrogen and oxygen atoms in total. The van der Waals surface area contributed by atoms with E-state index in [1.807, 2.05) is 19.2 Å². The Balaban J connectivity index is 1.26. The summed E-state index contributed by atoms with van der Waals surface area (Å²) in [6.07, 6.45) is 0.903. The number of halogens is 1. The predicted octanol–water partition coefficient (Wildman–Crippen LogP) is 2.77. The topological polar surface area (TPSA) is 76.6 Å². The van der Waals surface area contributed by atoms with E-state index in [9.17, 15) is 9.18 Å². The van der Waals surface area contributed by atoms with Crippen molar-refractivity contribution in [2.24, 2.45) is 0 Å². The molecule has 5 rings (SSSR count). The Morgan fingerprint density at radius 1 is 1.15 bits per heavy atom. The molecular weight excluding hydrogens is 423 g/mol. The first kappa shape index (κ1) is 21.3. The lowest BCUT2D eigenvalue weighted by Gasteiger charge is -2.33. The first-order valence-corrected chi connectivity index (χ1v) is 10.9. The largest absolute Gasteiger partial charge is 0.487 e. The van der Waals surface area contributed by atoms with Crippen LogP contribution in [0.3, 0.4) is 0 Å². The first-order valence-electron chi connectivity index (χ1n) is 10.9. The molecule has 2 aromatic carbocycles. The summed E-state index contributed by atoms with van der Waals surface area (Å²) in [4.78, 5) is 15.0. The smallest absolute Gasteiger partial charge is 0.237 e. The van der Waals surface area contributed by atoms with Crippen LogP contribution in [0.15, 0.2) is 48.5 Å². The lowest BCUT2D eigenvalue weighted by Crippen LogP contribution is -2.50. The second-order valence-electron chi connectivity index (χ2n) is 8.50. The number of nitrogens with zero attached hydrogens (tertiary/aromatic N) is 3. The van der Waals surface area contributed by atoms with Crippen molar-refractivity contribution in [2.45, 2.75) is 31.5 Å². The van der Waals surface area contributed by atoms with Crippen molar-refractivity contribution in [1.82, 2.24) is 20.4 Å². The number of carbonyl (C=O) groups is 1. The molecule has 2 aliphatic rings. The van der Waals surface area contributed by atoms with Gasteiger partial charge in [0.05, 0.1) is 25.4 Å². The maximum absolute atomic E-state index is 14.3. The summed E-state index contributed by atoms with van der Waals surface area (Å²) < 4.78 is 25.5. The fourth-order valence-electron chi connectivity index (χ4n) is 4.55. The summed E-state index contributed by atoms with van der Waals surface area (Å²) in [7, 11) is 3.47. The molecule has 170 valence electrons. The Hall–Kier alpha value is -3.52.